The first-order valence-corrected chi connectivity index (χ1v) is 9.94. The maximum absolute atomic E-state index is 13.3. The Morgan fingerprint density at radius 1 is 0.897 bits per heavy atom. The van der Waals surface area contributed by atoms with Gasteiger partial charge in [-0.2, -0.15) is 4.98 Å². The van der Waals surface area contributed by atoms with E-state index in [0.717, 1.165) is 37.0 Å². The van der Waals surface area contributed by atoms with E-state index in [1.807, 2.05) is 6.07 Å². The molecule has 2 amide bonds. The van der Waals surface area contributed by atoms with Crippen LogP contribution in [0, 0.1) is 11.6 Å². The Hall–Kier alpha value is -2.97. The molecule has 0 unspecified atom stereocenters. The summed E-state index contributed by atoms with van der Waals surface area (Å²) in [7, 11) is 0. The van der Waals surface area contributed by atoms with Crippen LogP contribution in [0.2, 0.25) is 0 Å². The maximum atomic E-state index is 13.3. The summed E-state index contributed by atoms with van der Waals surface area (Å²) in [5.41, 5.74) is 0.235. The number of piperidine rings is 1. The number of nitrogens with one attached hydrogen (secondary N) is 1. The second-order valence-electron chi connectivity index (χ2n) is 7.30. The van der Waals surface area contributed by atoms with Crippen LogP contribution in [0.1, 0.15) is 19.3 Å². The van der Waals surface area contributed by atoms with Gasteiger partial charge < -0.3 is 20.0 Å². The summed E-state index contributed by atoms with van der Waals surface area (Å²) >= 11 is 0. The number of benzene rings is 1. The molecule has 0 bridgehead atoms. The quantitative estimate of drug-likeness (QED) is 0.855. The molecule has 1 aromatic heterocycles. The minimum Gasteiger partial charge on any atom is -0.353 e. The van der Waals surface area contributed by atoms with Crippen molar-refractivity contribution in [2.24, 2.45) is 0 Å². The fourth-order valence-electron chi connectivity index (χ4n) is 3.68. The number of carbonyl (C=O) groups is 1. The van der Waals surface area contributed by atoms with Crippen molar-refractivity contribution in [3.8, 4) is 0 Å². The standard InChI is InChI=1S/C20H24F2N6O/c21-16-5-4-15(14-17(16)22)24-20(29)28-12-10-26(11-13-28)18-6-7-23-19(25-18)27-8-2-1-3-9-27/h4-7,14H,1-3,8-13H2,(H,24,29). The van der Waals surface area contributed by atoms with Crippen LogP contribution in [0.4, 0.5) is 31.0 Å². The van der Waals surface area contributed by atoms with Crippen LogP contribution in [0.15, 0.2) is 30.5 Å². The fourth-order valence-corrected chi connectivity index (χ4v) is 3.68. The molecule has 0 spiro atoms. The smallest absolute Gasteiger partial charge is 0.321 e. The predicted molar refractivity (Wildman–Crippen MR) is 107 cm³/mol. The Balaban J connectivity index is 1.34. The zero-order chi connectivity index (χ0) is 20.2. The van der Waals surface area contributed by atoms with E-state index in [-0.39, 0.29) is 11.7 Å². The van der Waals surface area contributed by atoms with E-state index < -0.39 is 11.6 Å². The van der Waals surface area contributed by atoms with Gasteiger partial charge in [-0.15, -0.1) is 0 Å². The first-order chi connectivity index (χ1) is 14.1. The summed E-state index contributed by atoms with van der Waals surface area (Å²) < 4.78 is 26.3. The lowest BCUT2D eigenvalue weighted by molar-refractivity contribution is 0.208. The van der Waals surface area contributed by atoms with Gasteiger partial charge in [-0.05, 0) is 37.5 Å². The van der Waals surface area contributed by atoms with Gasteiger partial charge >= 0.3 is 6.03 Å². The predicted octanol–water partition coefficient (Wildman–Crippen LogP) is 3.10. The lowest BCUT2D eigenvalue weighted by Crippen LogP contribution is -2.50. The van der Waals surface area contributed by atoms with E-state index in [0.29, 0.717) is 26.2 Å². The minimum atomic E-state index is -0.985. The fraction of sp³-hybridized carbons (Fsp3) is 0.450. The summed E-state index contributed by atoms with van der Waals surface area (Å²) in [4.78, 5) is 27.6. The highest BCUT2D eigenvalue weighted by Crippen LogP contribution is 2.20. The average molecular weight is 402 g/mol. The third kappa shape index (κ3) is 4.55. The highest BCUT2D eigenvalue weighted by Gasteiger charge is 2.23. The highest BCUT2D eigenvalue weighted by atomic mass is 19.2. The van der Waals surface area contributed by atoms with Crippen LogP contribution in [-0.4, -0.2) is 60.2 Å². The van der Waals surface area contributed by atoms with Crippen molar-refractivity contribution in [2.45, 2.75) is 19.3 Å². The van der Waals surface area contributed by atoms with Crippen LogP contribution < -0.4 is 15.1 Å². The average Bonchev–Trinajstić information content (AvgIpc) is 2.77. The lowest BCUT2D eigenvalue weighted by atomic mass is 10.1. The molecule has 0 aliphatic carbocycles. The van der Waals surface area contributed by atoms with Crippen LogP contribution in [0.3, 0.4) is 0 Å². The van der Waals surface area contributed by atoms with Crippen molar-refractivity contribution in [1.82, 2.24) is 14.9 Å². The molecule has 0 saturated carbocycles. The second kappa shape index (κ2) is 8.59. The largest absolute Gasteiger partial charge is 0.353 e. The Labute approximate surface area is 168 Å². The van der Waals surface area contributed by atoms with Gasteiger partial charge in [-0.3, -0.25) is 0 Å². The summed E-state index contributed by atoms with van der Waals surface area (Å²) in [5, 5.41) is 2.62. The summed E-state index contributed by atoms with van der Waals surface area (Å²) in [6.45, 7) is 4.28. The van der Waals surface area contributed by atoms with Gasteiger partial charge in [0.1, 0.15) is 5.82 Å². The van der Waals surface area contributed by atoms with Gasteiger partial charge in [-0.25, -0.2) is 18.6 Å². The number of hydrogen-bond donors (Lipinski definition) is 1. The number of hydrogen-bond acceptors (Lipinski definition) is 5. The van der Waals surface area contributed by atoms with Gasteiger partial charge in [0, 0.05) is 57.2 Å². The third-order valence-electron chi connectivity index (χ3n) is 5.33. The molecule has 3 heterocycles. The van der Waals surface area contributed by atoms with E-state index in [1.54, 1.807) is 11.1 Å². The lowest BCUT2D eigenvalue weighted by Gasteiger charge is -2.35. The molecule has 4 rings (SSSR count). The van der Waals surface area contributed by atoms with Crippen molar-refractivity contribution >= 4 is 23.5 Å². The molecular weight excluding hydrogens is 378 g/mol. The number of piperazine rings is 1. The van der Waals surface area contributed by atoms with Gasteiger partial charge in [0.05, 0.1) is 0 Å². The third-order valence-corrected chi connectivity index (χ3v) is 5.33. The molecule has 9 heteroatoms. The molecule has 2 fully saturated rings. The molecule has 2 saturated heterocycles. The van der Waals surface area contributed by atoms with Gasteiger partial charge in [-0.1, -0.05) is 0 Å². The first-order valence-electron chi connectivity index (χ1n) is 9.94. The number of carbonyl (C=O) groups excluding carboxylic acids is 1. The van der Waals surface area contributed by atoms with Crippen LogP contribution in [0.25, 0.3) is 0 Å². The van der Waals surface area contributed by atoms with Gasteiger partial charge in [0.2, 0.25) is 5.95 Å². The topological polar surface area (TPSA) is 64.6 Å². The van der Waals surface area contributed by atoms with E-state index in [9.17, 15) is 13.6 Å². The molecule has 2 aliphatic heterocycles. The van der Waals surface area contributed by atoms with Crippen molar-refractivity contribution in [3.63, 3.8) is 0 Å². The van der Waals surface area contributed by atoms with Crippen LogP contribution in [0.5, 0.6) is 0 Å². The summed E-state index contributed by atoms with van der Waals surface area (Å²) in [5.74, 6) is -0.298. The maximum Gasteiger partial charge on any atom is 0.321 e. The molecule has 2 aromatic rings. The normalized spacial score (nSPS) is 17.4. The minimum absolute atomic E-state index is 0.235. The van der Waals surface area contributed by atoms with E-state index in [4.69, 9.17) is 4.98 Å². The molecule has 7 nitrogen and oxygen atoms in total. The van der Waals surface area contributed by atoms with Gasteiger partial charge in [0.15, 0.2) is 11.6 Å². The number of rotatable bonds is 3. The van der Waals surface area contributed by atoms with Crippen molar-refractivity contribution in [2.75, 3.05) is 54.4 Å². The molecule has 0 radical (unpaired) electrons. The summed E-state index contributed by atoms with van der Waals surface area (Å²) in [6, 6.07) is 4.89. The van der Waals surface area contributed by atoms with E-state index in [2.05, 4.69) is 20.1 Å². The molecular formula is C20H24F2N6O. The zero-order valence-corrected chi connectivity index (χ0v) is 16.2. The van der Waals surface area contributed by atoms with E-state index in [1.165, 1.54) is 25.3 Å². The zero-order valence-electron chi connectivity index (χ0n) is 16.2. The Morgan fingerprint density at radius 3 is 2.38 bits per heavy atom. The highest BCUT2D eigenvalue weighted by molar-refractivity contribution is 5.89. The van der Waals surface area contributed by atoms with Gasteiger partial charge in [0.25, 0.3) is 0 Å². The van der Waals surface area contributed by atoms with Crippen molar-refractivity contribution < 1.29 is 13.6 Å². The molecule has 29 heavy (non-hydrogen) atoms. The van der Waals surface area contributed by atoms with Crippen molar-refractivity contribution in [3.05, 3.63) is 42.1 Å². The van der Waals surface area contributed by atoms with Crippen LogP contribution >= 0.6 is 0 Å². The Bertz CT molecular complexity index is 866. The number of aromatic nitrogens is 2. The molecule has 1 aromatic carbocycles. The van der Waals surface area contributed by atoms with E-state index >= 15 is 0 Å². The molecule has 1 N–H and O–H groups in total. The number of amides is 2. The number of anilines is 3. The molecule has 0 atom stereocenters. The Kier molecular flexibility index (Phi) is 5.73. The summed E-state index contributed by atoms with van der Waals surface area (Å²) in [6.07, 6.45) is 5.37. The number of urea groups is 1. The number of nitrogens with zero attached hydrogens (tertiary/aromatic N) is 5. The molecule has 2 aliphatic rings. The monoisotopic (exact) mass is 402 g/mol. The molecule has 154 valence electrons. The number of halogens is 2. The Morgan fingerprint density at radius 2 is 1.66 bits per heavy atom. The van der Waals surface area contributed by atoms with Crippen molar-refractivity contribution in [1.29, 1.82) is 0 Å². The SMILES string of the molecule is O=C(Nc1ccc(F)c(F)c1)N1CCN(c2ccnc(N3CCCCC3)n2)CC1. The second-order valence-corrected chi connectivity index (χ2v) is 7.30. The first kappa shape index (κ1) is 19.4. The van der Waals surface area contributed by atoms with Crippen LogP contribution in [-0.2, 0) is 0 Å².